The lowest BCUT2D eigenvalue weighted by Crippen LogP contribution is -2.54. The summed E-state index contributed by atoms with van der Waals surface area (Å²) in [5.74, 6) is -3.45. The molecule has 8 rings (SSSR count). The van der Waals surface area contributed by atoms with E-state index in [0.29, 0.717) is 57.8 Å². The molecule has 12 N–H and O–H groups in total. The number of carbonyl (C=O) groups is 11. The second-order valence-electron chi connectivity index (χ2n) is 23.2. The van der Waals surface area contributed by atoms with Gasteiger partial charge in [-0.25, -0.2) is 29.0 Å². The van der Waals surface area contributed by atoms with Crippen LogP contribution in [0.5, 0.6) is 5.75 Å². The number of amides is 13. The van der Waals surface area contributed by atoms with Crippen LogP contribution in [0, 0.1) is 12.8 Å². The zero-order chi connectivity index (χ0) is 69.2. The Balaban J connectivity index is 0.874. The molecule has 0 saturated carbocycles. The summed E-state index contributed by atoms with van der Waals surface area (Å²) in [6.45, 7) is 5.15. The van der Waals surface area contributed by atoms with Gasteiger partial charge in [-0.2, -0.15) is 0 Å². The van der Waals surface area contributed by atoms with Crippen molar-refractivity contribution in [3.63, 3.8) is 0 Å². The molecule has 510 valence electrons. The Hall–Kier alpha value is -10.8. The summed E-state index contributed by atoms with van der Waals surface area (Å²) in [4.78, 5) is 152. The number of benzene rings is 3. The van der Waals surface area contributed by atoms with E-state index in [4.69, 9.17) is 47.7 Å². The van der Waals surface area contributed by atoms with Crippen LogP contribution in [0.3, 0.4) is 0 Å². The second kappa shape index (κ2) is 33.4. The number of imide groups is 1. The number of carbonyl (C=O) groups excluding carboxylic acids is 11. The molecule has 0 radical (unpaired) electrons. The molecule has 4 heterocycles. The van der Waals surface area contributed by atoms with Gasteiger partial charge in [-0.3, -0.25) is 33.7 Å². The molecule has 3 atom stereocenters. The standard InChI is InChI=1S/C65H78ClN15O15/c1-38(2)56(76-63(90)94-31-30-93-29-28-80-52(82)21-22-53(80)83)59(86)75-47(10-6-23-70-61(68)88)58(85)72-44-17-11-40(12-18-44)37-95-64(91)77(4)26-27-78(25-7-24-71-62(69)89)65(92)96-50-32-49-55(54-39(3)8-5-9-46(50)54)42(33-66)34-81(49)60(87)48-36-79-35-45(19-20-51(79)74-48)73-57(84)41-13-15-43(67)16-14-41/h5,8-9,11-13,15,17-22,32,35-36,38,42,47,56H,6-7,10,14,16,23-31,33-34,37,67H2,1-4H3,(H,72,85)(H,73,84)(H,75,86)(H,76,90)(H3,68,70,88)(H3,69,71,89)/t42-,47+,56+/m1/s1. The fraction of sp³-hybridized carbons (Fsp3) is 0.385. The lowest BCUT2D eigenvalue weighted by atomic mass is 9.92. The van der Waals surface area contributed by atoms with Crippen molar-refractivity contribution in [3.8, 4) is 5.75 Å². The lowest BCUT2D eigenvalue weighted by Gasteiger charge is -2.26. The zero-order valence-electron chi connectivity index (χ0n) is 53.5. The topological polar surface area (TPSA) is 405 Å². The highest BCUT2D eigenvalue weighted by atomic mass is 35.5. The van der Waals surface area contributed by atoms with Gasteiger partial charge in [-0.1, -0.05) is 50.3 Å². The largest absolute Gasteiger partial charge is 0.447 e. The van der Waals surface area contributed by atoms with Crippen LogP contribution in [0.1, 0.15) is 79.0 Å². The summed E-state index contributed by atoms with van der Waals surface area (Å²) in [5.41, 5.74) is 21.7. The number of anilines is 3. The summed E-state index contributed by atoms with van der Waals surface area (Å²) < 4.78 is 24.1. The van der Waals surface area contributed by atoms with E-state index >= 15 is 0 Å². The highest BCUT2D eigenvalue weighted by Crippen LogP contribution is 2.47. The highest BCUT2D eigenvalue weighted by molar-refractivity contribution is 6.19. The van der Waals surface area contributed by atoms with Crippen LogP contribution >= 0.6 is 11.6 Å². The zero-order valence-corrected chi connectivity index (χ0v) is 54.2. The van der Waals surface area contributed by atoms with Gasteiger partial charge in [0, 0.05) is 111 Å². The number of urea groups is 2. The number of alkyl halides is 1. The maximum atomic E-state index is 14.6. The monoisotopic (exact) mass is 1340 g/mol. The van der Waals surface area contributed by atoms with Crippen LogP contribution in [0.15, 0.2) is 109 Å². The van der Waals surface area contributed by atoms with Crippen LogP contribution < -0.4 is 58.7 Å². The molecule has 0 unspecified atom stereocenters. The lowest BCUT2D eigenvalue weighted by molar-refractivity contribution is -0.137. The first-order valence-corrected chi connectivity index (χ1v) is 31.6. The van der Waals surface area contributed by atoms with Gasteiger partial charge < -0.3 is 87.1 Å². The molecule has 5 aromatic rings. The second-order valence-corrected chi connectivity index (χ2v) is 23.5. The van der Waals surface area contributed by atoms with E-state index in [1.54, 1.807) is 90.2 Å². The van der Waals surface area contributed by atoms with Crippen molar-refractivity contribution in [2.75, 3.05) is 94.1 Å². The molecule has 3 aliphatic rings. The fourth-order valence-electron chi connectivity index (χ4n) is 10.8. The summed E-state index contributed by atoms with van der Waals surface area (Å²) >= 11 is 6.66. The van der Waals surface area contributed by atoms with Gasteiger partial charge in [0.05, 0.1) is 31.1 Å². The maximum absolute atomic E-state index is 14.6. The van der Waals surface area contributed by atoms with Crippen LogP contribution in [-0.2, 0) is 44.8 Å². The van der Waals surface area contributed by atoms with Crippen molar-refractivity contribution in [1.82, 2.24) is 45.4 Å². The molecule has 0 fully saturated rings. The van der Waals surface area contributed by atoms with Crippen LogP contribution in [0.25, 0.3) is 16.4 Å². The van der Waals surface area contributed by atoms with Crippen molar-refractivity contribution < 1.29 is 71.7 Å². The van der Waals surface area contributed by atoms with E-state index in [9.17, 15) is 52.7 Å². The number of allylic oxidation sites excluding steroid dienone is 3. The van der Waals surface area contributed by atoms with Crippen LogP contribution in [0.2, 0.25) is 0 Å². The molecule has 30 nitrogen and oxygen atoms in total. The Labute approximate surface area is 557 Å². The Bertz CT molecular complexity index is 3850. The number of imidazole rings is 1. The molecular formula is C65H78ClN15O15. The van der Waals surface area contributed by atoms with Gasteiger partial charge in [0.25, 0.3) is 23.6 Å². The molecule has 0 spiro atoms. The average Bonchev–Trinajstić information content (AvgIpc) is 1.54. The van der Waals surface area contributed by atoms with E-state index in [0.717, 1.165) is 33.6 Å². The number of halogens is 1. The van der Waals surface area contributed by atoms with Gasteiger partial charge in [-0.15, -0.1) is 11.6 Å². The number of primary amides is 2. The molecule has 3 aromatic carbocycles. The van der Waals surface area contributed by atoms with Crippen molar-refractivity contribution in [3.05, 3.63) is 131 Å². The number of nitrogens with zero attached hydrogens (tertiary/aromatic N) is 6. The molecule has 13 amide bonds. The number of hydrogen-bond donors (Lipinski definition) is 9. The highest BCUT2D eigenvalue weighted by Gasteiger charge is 2.38. The van der Waals surface area contributed by atoms with E-state index in [-0.39, 0.29) is 121 Å². The van der Waals surface area contributed by atoms with Crippen molar-refractivity contribution in [2.45, 2.75) is 77.5 Å². The Morgan fingerprint density at radius 1 is 0.781 bits per heavy atom. The Kier molecular flexibility index (Phi) is 24.7. The minimum atomic E-state index is -1.17. The molecule has 1 aliphatic carbocycles. The average molecular weight is 1340 g/mol. The number of rotatable bonds is 30. The van der Waals surface area contributed by atoms with Gasteiger partial charge in [-0.05, 0) is 97.4 Å². The minimum Gasteiger partial charge on any atom is -0.447 e. The van der Waals surface area contributed by atoms with Crippen molar-refractivity contribution in [2.24, 2.45) is 23.1 Å². The normalized spacial score (nSPS) is 14.7. The predicted octanol–water partition coefficient (Wildman–Crippen LogP) is 4.97. The molecule has 96 heavy (non-hydrogen) atoms. The summed E-state index contributed by atoms with van der Waals surface area (Å²) in [6, 6.07) is 13.0. The maximum Gasteiger partial charge on any atom is 0.415 e. The van der Waals surface area contributed by atoms with Crippen LogP contribution in [0.4, 0.5) is 41.0 Å². The number of aryl methyl sites for hydroxylation is 1. The number of nitrogens with one attached hydrogen (secondary N) is 6. The van der Waals surface area contributed by atoms with Gasteiger partial charge in [0.1, 0.15) is 42.4 Å². The molecule has 2 aliphatic heterocycles. The summed E-state index contributed by atoms with van der Waals surface area (Å²) in [7, 11) is 1.48. The number of nitrogens with two attached hydrogens (primary N) is 3. The molecule has 0 bridgehead atoms. The van der Waals surface area contributed by atoms with E-state index in [1.165, 1.54) is 16.8 Å². The van der Waals surface area contributed by atoms with Gasteiger partial charge >= 0.3 is 30.3 Å². The van der Waals surface area contributed by atoms with Crippen molar-refractivity contribution in [1.29, 1.82) is 0 Å². The number of hydrogen-bond acceptors (Lipinski definition) is 17. The number of aromatic nitrogens is 2. The van der Waals surface area contributed by atoms with Crippen molar-refractivity contribution >= 4 is 111 Å². The Morgan fingerprint density at radius 2 is 1.50 bits per heavy atom. The van der Waals surface area contributed by atoms with Gasteiger partial charge in [0.15, 0.2) is 0 Å². The molecular weight excluding hydrogens is 1270 g/mol. The first-order valence-electron chi connectivity index (χ1n) is 31.0. The smallest absolute Gasteiger partial charge is 0.415 e. The summed E-state index contributed by atoms with van der Waals surface area (Å²) in [6.07, 6.45) is 8.06. The fourth-order valence-corrected chi connectivity index (χ4v) is 11.0. The third kappa shape index (κ3) is 19.0. The van der Waals surface area contributed by atoms with E-state index in [1.807, 2.05) is 25.1 Å². The molecule has 31 heteroatoms. The van der Waals surface area contributed by atoms with Gasteiger partial charge in [0.2, 0.25) is 11.8 Å². The molecule has 2 aromatic heterocycles. The van der Waals surface area contributed by atoms with E-state index < -0.39 is 77.9 Å². The number of likely N-dealkylation sites (N-methyl/N-ethyl adjacent to an activating group) is 1. The third-order valence-electron chi connectivity index (χ3n) is 15.9. The first kappa shape index (κ1) is 71.1. The number of alkyl carbamates (subject to hydrolysis) is 1. The number of pyridine rings is 1. The summed E-state index contributed by atoms with van der Waals surface area (Å²) in [5, 5.41) is 17.1. The number of fused-ring (bicyclic) bond motifs is 4. The third-order valence-corrected chi connectivity index (χ3v) is 16.3. The predicted molar refractivity (Wildman–Crippen MR) is 353 cm³/mol. The molecule has 0 saturated heterocycles. The Morgan fingerprint density at radius 3 is 2.19 bits per heavy atom. The SMILES string of the molecule is Cc1cccc2c(OC(=O)N(CCCNC(N)=O)CCN(C)C(=O)OCc3ccc(NC(=O)[C@H](CCCNC(N)=O)NC(=O)[C@@H](NC(=O)OCCOCCN4C(=O)C=CC4=O)C(C)C)cc3)cc3c(c12)[C@H](CCl)CN3C(=O)c1cn2cc(NC(=O)C3=CC=C(N)CC3)ccc2n1. The first-order chi connectivity index (χ1) is 46.0. The van der Waals surface area contributed by atoms with E-state index in [2.05, 4.69) is 36.9 Å². The minimum absolute atomic E-state index is 0.00705. The quantitative estimate of drug-likeness (QED) is 0.0166. The number of ether oxygens (including phenoxy) is 4. The van der Waals surface area contributed by atoms with Crippen LogP contribution in [-0.4, -0.2) is 181 Å².